The summed E-state index contributed by atoms with van der Waals surface area (Å²) in [6.07, 6.45) is 4.53. The summed E-state index contributed by atoms with van der Waals surface area (Å²) >= 11 is 0. The van der Waals surface area contributed by atoms with Gasteiger partial charge in [0.2, 0.25) is 0 Å². The monoisotopic (exact) mass is 183 g/mol. The molecule has 0 spiro atoms. The normalized spacial score (nSPS) is 40.4. The second-order valence-corrected chi connectivity index (χ2v) is 4.97. The van der Waals surface area contributed by atoms with Crippen molar-refractivity contribution in [3.63, 3.8) is 0 Å². The van der Waals surface area contributed by atoms with Crippen LogP contribution < -0.4 is 5.32 Å². The Kier molecular flexibility index (Phi) is 2.37. The van der Waals surface area contributed by atoms with Crippen molar-refractivity contribution in [2.24, 2.45) is 11.3 Å². The molecule has 2 nitrogen and oxygen atoms in total. The number of methoxy groups -OCH3 is 1. The lowest BCUT2D eigenvalue weighted by molar-refractivity contribution is 0.0552. The highest BCUT2D eigenvalue weighted by Gasteiger charge is 2.53. The first-order chi connectivity index (χ1) is 6.16. The molecule has 13 heavy (non-hydrogen) atoms. The van der Waals surface area contributed by atoms with E-state index in [0.717, 1.165) is 12.0 Å². The number of rotatable bonds is 5. The second kappa shape index (κ2) is 3.25. The van der Waals surface area contributed by atoms with E-state index in [1.165, 1.54) is 25.8 Å². The number of hydrogen-bond acceptors (Lipinski definition) is 2. The van der Waals surface area contributed by atoms with Crippen LogP contribution in [0.3, 0.4) is 0 Å². The van der Waals surface area contributed by atoms with Gasteiger partial charge in [-0.05, 0) is 44.1 Å². The van der Waals surface area contributed by atoms with Crippen LogP contribution in [0.2, 0.25) is 0 Å². The van der Waals surface area contributed by atoms with Gasteiger partial charge >= 0.3 is 0 Å². The largest absolute Gasteiger partial charge is 0.381 e. The van der Waals surface area contributed by atoms with E-state index in [4.69, 9.17) is 4.74 Å². The third-order valence-electron chi connectivity index (χ3n) is 3.97. The lowest BCUT2D eigenvalue weighted by Crippen LogP contribution is -2.26. The second-order valence-electron chi connectivity index (χ2n) is 4.97. The van der Waals surface area contributed by atoms with Crippen molar-refractivity contribution >= 4 is 0 Å². The van der Waals surface area contributed by atoms with E-state index in [-0.39, 0.29) is 0 Å². The van der Waals surface area contributed by atoms with Crippen LogP contribution in [-0.4, -0.2) is 25.8 Å². The summed E-state index contributed by atoms with van der Waals surface area (Å²) in [5, 5.41) is 3.60. The Bertz CT molecular complexity index is 191. The van der Waals surface area contributed by atoms with E-state index >= 15 is 0 Å². The molecule has 2 aliphatic rings. The highest BCUT2D eigenvalue weighted by molar-refractivity contribution is 5.04. The van der Waals surface area contributed by atoms with Crippen molar-refractivity contribution in [2.45, 2.75) is 45.3 Å². The van der Waals surface area contributed by atoms with Gasteiger partial charge in [0.25, 0.3) is 0 Å². The molecule has 0 aliphatic heterocycles. The standard InChI is InChI=1S/C11H21NO/c1-8(13-3)11(2)6-9(11)7-12-10-4-5-10/h8-10,12H,4-7H2,1-3H3. The minimum Gasteiger partial charge on any atom is -0.381 e. The third kappa shape index (κ3) is 1.89. The molecule has 0 heterocycles. The molecule has 3 atom stereocenters. The number of ether oxygens (including phenoxy) is 1. The zero-order valence-corrected chi connectivity index (χ0v) is 8.97. The fourth-order valence-corrected chi connectivity index (χ4v) is 2.14. The van der Waals surface area contributed by atoms with Gasteiger partial charge in [-0.15, -0.1) is 0 Å². The van der Waals surface area contributed by atoms with E-state index in [1.54, 1.807) is 0 Å². The predicted molar refractivity (Wildman–Crippen MR) is 53.7 cm³/mol. The molecule has 2 aliphatic carbocycles. The van der Waals surface area contributed by atoms with Crippen LogP contribution in [-0.2, 0) is 4.74 Å². The van der Waals surface area contributed by atoms with Crippen LogP contribution in [0, 0.1) is 11.3 Å². The third-order valence-corrected chi connectivity index (χ3v) is 3.97. The minimum absolute atomic E-state index is 0.415. The first-order valence-corrected chi connectivity index (χ1v) is 5.43. The summed E-state index contributed by atoms with van der Waals surface area (Å²) in [4.78, 5) is 0. The van der Waals surface area contributed by atoms with Crippen molar-refractivity contribution in [3.8, 4) is 0 Å². The van der Waals surface area contributed by atoms with Crippen LogP contribution in [0.5, 0.6) is 0 Å². The highest BCUT2D eigenvalue weighted by atomic mass is 16.5. The van der Waals surface area contributed by atoms with Crippen LogP contribution >= 0.6 is 0 Å². The Hall–Kier alpha value is -0.0800. The highest BCUT2D eigenvalue weighted by Crippen LogP contribution is 2.55. The van der Waals surface area contributed by atoms with Gasteiger partial charge in [-0.2, -0.15) is 0 Å². The molecule has 0 aromatic rings. The summed E-state index contributed by atoms with van der Waals surface area (Å²) < 4.78 is 5.40. The fourth-order valence-electron chi connectivity index (χ4n) is 2.14. The van der Waals surface area contributed by atoms with E-state index in [1.807, 2.05) is 7.11 Å². The van der Waals surface area contributed by atoms with Crippen molar-refractivity contribution < 1.29 is 4.74 Å². The Balaban J connectivity index is 1.72. The summed E-state index contributed by atoms with van der Waals surface area (Å²) in [6, 6.07) is 0.850. The number of hydrogen-bond donors (Lipinski definition) is 1. The number of nitrogens with one attached hydrogen (secondary N) is 1. The smallest absolute Gasteiger partial charge is 0.0600 e. The van der Waals surface area contributed by atoms with Gasteiger partial charge in [-0.1, -0.05) is 6.92 Å². The van der Waals surface area contributed by atoms with E-state index in [0.29, 0.717) is 11.5 Å². The molecule has 3 unspecified atom stereocenters. The molecule has 1 N–H and O–H groups in total. The van der Waals surface area contributed by atoms with Crippen LogP contribution in [0.1, 0.15) is 33.1 Å². The van der Waals surface area contributed by atoms with Crippen molar-refractivity contribution in [1.29, 1.82) is 0 Å². The quantitative estimate of drug-likeness (QED) is 0.701. The summed E-state index contributed by atoms with van der Waals surface area (Å²) in [5.41, 5.74) is 0.455. The van der Waals surface area contributed by atoms with Crippen LogP contribution in [0.15, 0.2) is 0 Å². The molecule has 0 radical (unpaired) electrons. The lowest BCUT2D eigenvalue weighted by Gasteiger charge is -2.19. The maximum atomic E-state index is 5.40. The molecule has 2 saturated carbocycles. The summed E-state index contributed by atoms with van der Waals surface area (Å²) in [6.45, 7) is 5.74. The predicted octanol–water partition coefficient (Wildman–Crippen LogP) is 1.80. The van der Waals surface area contributed by atoms with Gasteiger partial charge in [-0.25, -0.2) is 0 Å². The average molecular weight is 183 g/mol. The summed E-state index contributed by atoms with van der Waals surface area (Å²) in [5.74, 6) is 0.850. The maximum absolute atomic E-state index is 5.40. The first-order valence-electron chi connectivity index (χ1n) is 5.43. The molecule has 2 fully saturated rings. The van der Waals surface area contributed by atoms with Gasteiger partial charge in [0, 0.05) is 13.2 Å². The molecule has 0 aromatic carbocycles. The minimum atomic E-state index is 0.415. The Labute approximate surface area is 81.0 Å². The lowest BCUT2D eigenvalue weighted by atomic mass is 10.00. The van der Waals surface area contributed by atoms with Crippen LogP contribution in [0.25, 0.3) is 0 Å². The van der Waals surface area contributed by atoms with Gasteiger partial charge in [-0.3, -0.25) is 0 Å². The molecular weight excluding hydrogens is 162 g/mol. The molecule has 0 amide bonds. The van der Waals surface area contributed by atoms with Gasteiger partial charge < -0.3 is 10.1 Å². The molecule has 0 saturated heterocycles. The average Bonchev–Trinajstić information content (AvgIpc) is 2.97. The fraction of sp³-hybridized carbons (Fsp3) is 1.00. The molecule has 2 rings (SSSR count). The Morgan fingerprint density at radius 3 is 2.77 bits per heavy atom. The molecule has 0 bridgehead atoms. The molecule has 2 heteroatoms. The van der Waals surface area contributed by atoms with E-state index < -0.39 is 0 Å². The van der Waals surface area contributed by atoms with Crippen molar-refractivity contribution in [2.75, 3.05) is 13.7 Å². The first kappa shape index (κ1) is 9.47. The zero-order valence-electron chi connectivity index (χ0n) is 8.97. The summed E-state index contributed by atoms with van der Waals surface area (Å²) in [7, 11) is 1.82. The van der Waals surface area contributed by atoms with Crippen LogP contribution in [0.4, 0.5) is 0 Å². The van der Waals surface area contributed by atoms with Crippen molar-refractivity contribution in [1.82, 2.24) is 5.32 Å². The Morgan fingerprint density at radius 1 is 1.54 bits per heavy atom. The van der Waals surface area contributed by atoms with Gasteiger partial charge in [0.05, 0.1) is 6.10 Å². The molecule has 0 aromatic heterocycles. The van der Waals surface area contributed by atoms with Gasteiger partial charge in [0.15, 0.2) is 0 Å². The van der Waals surface area contributed by atoms with E-state index in [2.05, 4.69) is 19.2 Å². The molecule has 76 valence electrons. The van der Waals surface area contributed by atoms with Gasteiger partial charge in [0.1, 0.15) is 0 Å². The molecular formula is C11H21NO. The maximum Gasteiger partial charge on any atom is 0.0600 e. The van der Waals surface area contributed by atoms with Crippen molar-refractivity contribution in [3.05, 3.63) is 0 Å². The SMILES string of the molecule is COC(C)C1(C)CC1CNC1CC1. The van der Waals surface area contributed by atoms with E-state index in [9.17, 15) is 0 Å². The topological polar surface area (TPSA) is 21.3 Å². The zero-order chi connectivity index (χ0) is 9.47. The Morgan fingerprint density at radius 2 is 2.23 bits per heavy atom.